The number of hydrogen-bond acceptors (Lipinski definition) is 4. The van der Waals surface area contributed by atoms with Gasteiger partial charge in [0.05, 0.1) is 18.8 Å². The van der Waals surface area contributed by atoms with E-state index in [1.165, 1.54) is 89.9 Å². The van der Waals surface area contributed by atoms with Gasteiger partial charge in [-0.1, -0.05) is 141 Å². The first-order valence-electron chi connectivity index (χ1n) is 15.7. The topological polar surface area (TPSA) is 89.8 Å². The summed E-state index contributed by atoms with van der Waals surface area (Å²) in [6.45, 7) is 4.10. The van der Waals surface area contributed by atoms with Crippen LogP contribution in [0, 0.1) is 0 Å². The van der Waals surface area contributed by atoms with Gasteiger partial charge in [-0.15, -0.1) is 0 Å². The van der Waals surface area contributed by atoms with Gasteiger partial charge in [-0.3, -0.25) is 4.79 Å². The van der Waals surface area contributed by atoms with Gasteiger partial charge in [-0.25, -0.2) is 0 Å². The zero-order valence-corrected chi connectivity index (χ0v) is 24.3. The normalized spacial score (nSPS) is 14.4. The maximum absolute atomic E-state index is 12.3. The van der Waals surface area contributed by atoms with E-state index in [1.54, 1.807) is 6.08 Å². The van der Waals surface area contributed by atoms with Crippen LogP contribution in [-0.2, 0) is 4.79 Å². The molecule has 37 heavy (non-hydrogen) atoms. The Morgan fingerprint density at radius 1 is 0.649 bits per heavy atom. The molecule has 0 bridgehead atoms. The molecule has 0 saturated heterocycles. The van der Waals surface area contributed by atoms with E-state index in [9.17, 15) is 20.1 Å². The van der Waals surface area contributed by atoms with Gasteiger partial charge in [0.1, 0.15) is 6.10 Å². The second-order valence-corrected chi connectivity index (χ2v) is 10.7. The molecular formula is C32H61NO4. The molecule has 0 aromatic heterocycles. The summed E-state index contributed by atoms with van der Waals surface area (Å²) < 4.78 is 0. The quantitative estimate of drug-likeness (QED) is 0.0661. The number of carbonyl (C=O) groups excluding carboxylic acids is 1. The summed E-state index contributed by atoms with van der Waals surface area (Å²) in [6, 6.07) is -0.806. The van der Waals surface area contributed by atoms with Gasteiger partial charge in [0.15, 0.2) is 0 Å². The molecule has 0 rings (SSSR count). The highest BCUT2D eigenvalue weighted by Crippen LogP contribution is 2.13. The summed E-state index contributed by atoms with van der Waals surface area (Å²) in [7, 11) is 0. The zero-order valence-electron chi connectivity index (χ0n) is 24.3. The first-order valence-corrected chi connectivity index (χ1v) is 15.7. The van der Waals surface area contributed by atoms with Gasteiger partial charge in [-0.05, 0) is 32.1 Å². The van der Waals surface area contributed by atoms with Crippen molar-refractivity contribution in [2.75, 3.05) is 6.61 Å². The number of carbonyl (C=O) groups is 1. The second-order valence-electron chi connectivity index (χ2n) is 10.7. The molecule has 3 atom stereocenters. The summed E-state index contributed by atoms with van der Waals surface area (Å²) >= 11 is 0. The third-order valence-electron chi connectivity index (χ3n) is 7.04. The van der Waals surface area contributed by atoms with Gasteiger partial charge >= 0.3 is 0 Å². The maximum atomic E-state index is 12.3. The molecule has 218 valence electrons. The fourth-order valence-electron chi connectivity index (χ4n) is 4.49. The summed E-state index contributed by atoms with van der Waals surface area (Å²) in [5, 5.41) is 32.7. The van der Waals surface area contributed by atoms with Crippen molar-refractivity contribution in [1.82, 2.24) is 5.32 Å². The van der Waals surface area contributed by atoms with E-state index in [2.05, 4.69) is 31.3 Å². The smallest absolute Gasteiger partial charge is 0.249 e. The van der Waals surface area contributed by atoms with Crippen LogP contribution in [0.4, 0.5) is 0 Å². The number of aliphatic hydroxyl groups is 3. The SMILES string of the molecule is CCCCCCC/C=C/CC/C=C/C(O)C(CO)NC(=O)C(O)CCCCCCCCCCCCCC. The summed E-state index contributed by atoms with van der Waals surface area (Å²) in [5.41, 5.74) is 0. The molecule has 0 radical (unpaired) electrons. The number of nitrogens with one attached hydrogen (secondary N) is 1. The van der Waals surface area contributed by atoms with E-state index in [1.807, 2.05) is 6.08 Å². The van der Waals surface area contributed by atoms with E-state index >= 15 is 0 Å². The Hall–Kier alpha value is -1.17. The average Bonchev–Trinajstić information content (AvgIpc) is 2.90. The van der Waals surface area contributed by atoms with Gasteiger partial charge in [0.2, 0.25) is 5.91 Å². The Labute approximate surface area is 229 Å². The number of unbranched alkanes of at least 4 members (excludes halogenated alkanes) is 17. The highest BCUT2D eigenvalue weighted by molar-refractivity contribution is 5.80. The minimum atomic E-state index is -1.10. The standard InChI is InChI=1S/C32H61NO4/c1-3-5-7-9-11-13-15-17-19-21-23-25-27-31(36)32(37)33-29(28-34)30(35)26-24-22-20-18-16-14-12-10-8-6-4-2/h16,18,24,26,29-31,34-36H,3-15,17,19-23,25,27-28H2,1-2H3,(H,33,37)/b18-16+,26-24+. The second kappa shape index (κ2) is 27.9. The molecule has 5 heteroatoms. The van der Waals surface area contributed by atoms with E-state index in [-0.39, 0.29) is 6.61 Å². The van der Waals surface area contributed by atoms with E-state index in [4.69, 9.17) is 0 Å². The largest absolute Gasteiger partial charge is 0.394 e. The van der Waals surface area contributed by atoms with Gasteiger partial charge in [-0.2, -0.15) is 0 Å². The molecule has 4 N–H and O–H groups in total. The molecule has 0 aliphatic carbocycles. The molecule has 0 fully saturated rings. The van der Waals surface area contributed by atoms with Gasteiger partial charge < -0.3 is 20.6 Å². The molecule has 5 nitrogen and oxygen atoms in total. The molecule has 1 amide bonds. The average molecular weight is 524 g/mol. The van der Waals surface area contributed by atoms with E-state index < -0.39 is 24.2 Å². The lowest BCUT2D eigenvalue weighted by Gasteiger charge is -2.21. The molecule has 0 aliphatic heterocycles. The Bertz CT molecular complexity index is 549. The van der Waals surface area contributed by atoms with Crippen LogP contribution in [-0.4, -0.2) is 46.1 Å². The Morgan fingerprint density at radius 2 is 1.11 bits per heavy atom. The first kappa shape index (κ1) is 35.8. The minimum Gasteiger partial charge on any atom is -0.394 e. The van der Waals surface area contributed by atoms with Crippen molar-refractivity contribution >= 4 is 5.91 Å². The van der Waals surface area contributed by atoms with Gasteiger partial charge in [0.25, 0.3) is 0 Å². The summed E-state index contributed by atoms with van der Waals surface area (Å²) in [5.74, 6) is -0.517. The van der Waals surface area contributed by atoms with E-state index in [0.29, 0.717) is 6.42 Å². The predicted molar refractivity (Wildman–Crippen MR) is 158 cm³/mol. The Morgan fingerprint density at radius 3 is 1.65 bits per heavy atom. The van der Waals surface area contributed by atoms with E-state index in [0.717, 1.165) is 38.5 Å². The monoisotopic (exact) mass is 523 g/mol. The number of hydrogen-bond donors (Lipinski definition) is 4. The van der Waals surface area contributed by atoms with Crippen molar-refractivity contribution in [3.63, 3.8) is 0 Å². The van der Waals surface area contributed by atoms with Crippen molar-refractivity contribution in [3.8, 4) is 0 Å². The highest BCUT2D eigenvalue weighted by Gasteiger charge is 2.22. The van der Waals surface area contributed by atoms with Crippen LogP contribution in [0.1, 0.15) is 149 Å². The zero-order chi connectivity index (χ0) is 27.4. The fraction of sp³-hybridized carbons (Fsp3) is 0.844. The molecule has 3 unspecified atom stereocenters. The number of rotatable bonds is 27. The van der Waals surface area contributed by atoms with Crippen LogP contribution in [0.3, 0.4) is 0 Å². The van der Waals surface area contributed by atoms with Crippen molar-refractivity contribution in [2.24, 2.45) is 0 Å². The van der Waals surface area contributed by atoms with Crippen LogP contribution in [0.2, 0.25) is 0 Å². The van der Waals surface area contributed by atoms with Crippen molar-refractivity contribution < 1.29 is 20.1 Å². The predicted octanol–water partition coefficient (Wildman–Crippen LogP) is 7.53. The Balaban J connectivity index is 3.87. The van der Waals surface area contributed by atoms with Crippen LogP contribution >= 0.6 is 0 Å². The lowest BCUT2D eigenvalue weighted by atomic mass is 10.0. The summed E-state index contributed by atoms with van der Waals surface area (Å²) in [4.78, 5) is 12.3. The van der Waals surface area contributed by atoms with Crippen LogP contribution in [0.5, 0.6) is 0 Å². The van der Waals surface area contributed by atoms with Crippen LogP contribution in [0.25, 0.3) is 0 Å². The molecular weight excluding hydrogens is 462 g/mol. The fourth-order valence-corrected chi connectivity index (χ4v) is 4.49. The first-order chi connectivity index (χ1) is 18.1. The lowest BCUT2D eigenvalue weighted by molar-refractivity contribution is -0.131. The van der Waals surface area contributed by atoms with Crippen molar-refractivity contribution in [2.45, 2.75) is 167 Å². The third kappa shape index (κ3) is 23.7. The number of aliphatic hydroxyl groups excluding tert-OH is 3. The third-order valence-corrected chi connectivity index (χ3v) is 7.04. The Kier molecular flexibility index (Phi) is 27.0. The highest BCUT2D eigenvalue weighted by atomic mass is 16.3. The maximum Gasteiger partial charge on any atom is 0.249 e. The lowest BCUT2D eigenvalue weighted by Crippen LogP contribution is -2.48. The van der Waals surface area contributed by atoms with Gasteiger partial charge in [0, 0.05) is 0 Å². The molecule has 0 heterocycles. The van der Waals surface area contributed by atoms with Crippen molar-refractivity contribution in [1.29, 1.82) is 0 Å². The number of allylic oxidation sites excluding steroid dienone is 3. The number of amides is 1. The minimum absolute atomic E-state index is 0.374. The molecule has 0 spiro atoms. The van der Waals surface area contributed by atoms with Crippen LogP contribution in [0.15, 0.2) is 24.3 Å². The molecule has 0 aliphatic rings. The summed E-state index contributed by atoms with van der Waals surface area (Å²) in [6.07, 6.45) is 30.4. The molecule has 0 saturated carbocycles. The van der Waals surface area contributed by atoms with Crippen molar-refractivity contribution in [3.05, 3.63) is 24.3 Å². The molecule has 0 aromatic rings. The molecule has 0 aromatic carbocycles. The van der Waals surface area contributed by atoms with Crippen LogP contribution < -0.4 is 5.32 Å².